The van der Waals surface area contributed by atoms with E-state index in [2.05, 4.69) is 70.1 Å². The second-order valence-electron chi connectivity index (χ2n) is 7.05. The van der Waals surface area contributed by atoms with E-state index < -0.39 is 0 Å². The summed E-state index contributed by atoms with van der Waals surface area (Å²) in [6.07, 6.45) is 1.05. The number of fused-ring (bicyclic) bond motifs is 1. The van der Waals surface area contributed by atoms with E-state index in [-0.39, 0.29) is 24.0 Å². The Morgan fingerprint density at radius 2 is 1.57 bits per heavy atom. The molecule has 4 heterocycles. The molecular weight excluding hydrogens is 561 g/mol. The highest BCUT2D eigenvalue weighted by molar-refractivity contribution is 7.24. The molecule has 0 spiro atoms. The largest absolute Gasteiger partial charge is 1.00 e. The van der Waals surface area contributed by atoms with Crippen LogP contribution in [0.2, 0.25) is 0 Å². The third-order valence-corrected chi connectivity index (χ3v) is 9.20. The summed E-state index contributed by atoms with van der Waals surface area (Å²) in [7, 11) is 0. The lowest BCUT2D eigenvalue weighted by atomic mass is 10.0. The third-order valence-electron chi connectivity index (χ3n) is 5.01. The fraction of sp³-hybridized carbons (Fsp3) is 0.182. The fourth-order valence-electron chi connectivity index (χ4n) is 3.57. The van der Waals surface area contributed by atoms with Crippen LogP contribution < -0.4 is 29.7 Å². The number of hydrogen-bond acceptors (Lipinski definition) is 6. The maximum Gasteiger partial charge on any atom is 0.114 e. The SMILES string of the molecule is Cc1ccsc1-c1ccc(-c2sc(-c3ccc(CC[NH3+])s3)cc2C)c2nsnc12.[I-]. The molecule has 0 aliphatic heterocycles. The van der Waals surface area contributed by atoms with Gasteiger partial charge in [0, 0.05) is 41.9 Å². The summed E-state index contributed by atoms with van der Waals surface area (Å²) in [5.74, 6) is 0. The van der Waals surface area contributed by atoms with E-state index in [4.69, 9.17) is 0 Å². The van der Waals surface area contributed by atoms with Gasteiger partial charge in [-0.1, -0.05) is 12.1 Å². The Labute approximate surface area is 209 Å². The van der Waals surface area contributed by atoms with Gasteiger partial charge in [-0.05, 0) is 54.6 Å². The molecule has 0 aliphatic carbocycles. The minimum Gasteiger partial charge on any atom is -1.00 e. The summed E-state index contributed by atoms with van der Waals surface area (Å²) in [6, 6.07) is 13.4. The molecule has 4 aromatic heterocycles. The molecule has 0 amide bonds. The topological polar surface area (TPSA) is 53.4 Å². The summed E-state index contributed by atoms with van der Waals surface area (Å²) >= 11 is 6.81. The van der Waals surface area contributed by atoms with Crippen molar-refractivity contribution in [3.63, 3.8) is 0 Å². The minimum absolute atomic E-state index is 0. The van der Waals surface area contributed by atoms with Gasteiger partial charge in [-0.15, -0.1) is 34.0 Å². The van der Waals surface area contributed by atoms with Crippen molar-refractivity contribution in [3.05, 3.63) is 57.8 Å². The van der Waals surface area contributed by atoms with Crippen LogP contribution in [0.25, 0.3) is 41.7 Å². The first-order chi connectivity index (χ1) is 14.2. The van der Waals surface area contributed by atoms with Crippen molar-refractivity contribution >= 4 is 56.8 Å². The molecule has 154 valence electrons. The lowest BCUT2D eigenvalue weighted by Crippen LogP contribution is -3.00. The Balaban J connectivity index is 0.00000218. The maximum absolute atomic E-state index is 4.68. The number of hydrogen-bond donors (Lipinski definition) is 1. The lowest BCUT2D eigenvalue weighted by molar-refractivity contribution is -0.366. The van der Waals surface area contributed by atoms with E-state index in [1.807, 2.05) is 22.7 Å². The number of thiophene rings is 3. The first-order valence-electron chi connectivity index (χ1n) is 9.44. The first kappa shape index (κ1) is 22.0. The summed E-state index contributed by atoms with van der Waals surface area (Å²) in [4.78, 5) is 6.65. The molecule has 0 radical (unpaired) electrons. The summed E-state index contributed by atoms with van der Waals surface area (Å²) in [5, 5.41) is 2.14. The molecule has 3 nitrogen and oxygen atoms in total. The van der Waals surface area contributed by atoms with Crippen LogP contribution in [0.15, 0.2) is 41.8 Å². The van der Waals surface area contributed by atoms with Gasteiger partial charge in [0.1, 0.15) is 11.0 Å². The number of aryl methyl sites for hydroxylation is 2. The molecule has 5 aromatic rings. The Kier molecular flexibility index (Phi) is 6.71. The van der Waals surface area contributed by atoms with E-state index in [1.54, 1.807) is 11.3 Å². The molecule has 3 N–H and O–H groups in total. The van der Waals surface area contributed by atoms with Gasteiger partial charge in [0.15, 0.2) is 0 Å². The smallest absolute Gasteiger partial charge is 0.114 e. The highest BCUT2D eigenvalue weighted by atomic mass is 127. The molecule has 0 fully saturated rings. The number of benzene rings is 1. The Morgan fingerprint density at radius 1 is 0.833 bits per heavy atom. The number of aromatic nitrogens is 2. The molecule has 0 bridgehead atoms. The zero-order valence-electron chi connectivity index (χ0n) is 16.6. The van der Waals surface area contributed by atoms with Crippen LogP contribution in [0.4, 0.5) is 0 Å². The predicted octanol–water partition coefficient (Wildman–Crippen LogP) is 3.28. The van der Waals surface area contributed by atoms with Gasteiger partial charge in [-0.3, -0.25) is 0 Å². The summed E-state index contributed by atoms with van der Waals surface area (Å²) < 4.78 is 9.34. The van der Waals surface area contributed by atoms with Crippen molar-refractivity contribution in [3.8, 4) is 30.6 Å². The summed E-state index contributed by atoms with van der Waals surface area (Å²) in [6.45, 7) is 5.30. The number of rotatable bonds is 5. The molecule has 8 heteroatoms. The number of nitrogens with zero attached hydrogens (tertiary/aromatic N) is 2. The van der Waals surface area contributed by atoms with E-state index in [0.717, 1.165) is 24.0 Å². The maximum atomic E-state index is 4.68. The normalized spacial score (nSPS) is 11.2. The van der Waals surface area contributed by atoms with Crippen LogP contribution in [0.1, 0.15) is 16.0 Å². The molecule has 5 rings (SSSR count). The van der Waals surface area contributed by atoms with Crippen molar-refractivity contribution in [1.29, 1.82) is 0 Å². The number of halogens is 1. The standard InChI is InChI=1S/C22H19N3S4.HI/c1-12-8-10-26-21(12)15-4-5-16(20-19(15)24-29-25-20)22-13(2)11-18(28-22)17-6-3-14(27-17)7-9-23;/h3-6,8,10-11H,7,9,23H2,1-2H3;1H. The van der Waals surface area contributed by atoms with Crippen molar-refractivity contribution in [2.24, 2.45) is 0 Å². The highest BCUT2D eigenvalue weighted by Crippen LogP contribution is 2.44. The summed E-state index contributed by atoms with van der Waals surface area (Å²) in [5.41, 5.74) is 11.0. The first-order valence-corrected chi connectivity index (χ1v) is 12.7. The van der Waals surface area contributed by atoms with Gasteiger partial charge in [0.25, 0.3) is 0 Å². The Bertz CT molecular complexity index is 1310. The monoisotopic (exact) mass is 581 g/mol. The molecular formula is C22H20IN3S4. The van der Waals surface area contributed by atoms with Crippen LogP contribution in [0, 0.1) is 13.8 Å². The Hall–Kier alpha value is -1.17. The van der Waals surface area contributed by atoms with Gasteiger partial charge in [0.05, 0.1) is 18.3 Å². The molecule has 0 unspecified atom stereocenters. The second kappa shape index (κ2) is 9.13. The van der Waals surface area contributed by atoms with Gasteiger partial charge in [-0.25, -0.2) is 0 Å². The van der Waals surface area contributed by atoms with E-state index in [9.17, 15) is 0 Å². The van der Waals surface area contributed by atoms with E-state index in [0.29, 0.717) is 0 Å². The molecule has 0 saturated carbocycles. The predicted molar refractivity (Wildman–Crippen MR) is 128 cm³/mol. The highest BCUT2D eigenvalue weighted by Gasteiger charge is 2.18. The molecule has 0 atom stereocenters. The van der Waals surface area contributed by atoms with Gasteiger partial charge < -0.3 is 29.7 Å². The fourth-order valence-corrected chi connectivity index (χ4v) is 7.43. The van der Waals surface area contributed by atoms with Crippen molar-refractivity contribution in [2.75, 3.05) is 6.54 Å². The number of quaternary nitrogens is 1. The van der Waals surface area contributed by atoms with Crippen LogP contribution >= 0.6 is 45.7 Å². The van der Waals surface area contributed by atoms with Crippen LogP contribution in [-0.2, 0) is 6.42 Å². The average molecular weight is 582 g/mol. The third kappa shape index (κ3) is 3.89. The van der Waals surface area contributed by atoms with Gasteiger partial charge in [0.2, 0.25) is 0 Å². The van der Waals surface area contributed by atoms with Crippen LogP contribution in [-0.4, -0.2) is 15.3 Å². The van der Waals surface area contributed by atoms with Crippen LogP contribution in [0.3, 0.4) is 0 Å². The molecule has 30 heavy (non-hydrogen) atoms. The van der Waals surface area contributed by atoms with E-state index in [1.165, 1.54) is 58.4 Å². The zero-order valence-corrected chi connectivity index (χ0v) is 22.0. The molecule has 0 saturated heterocycles. The lowest BCUT2D eigenvalue weighted by Gasteiger charge is -2.06. The van der Waals surface area contributed by atoms with Gasteiger partial charge in [-0.2, -0.15) is 8.75 Å². The molecule has 1 aromatic carbocycles. The van der Waals surface area contributed by atoms with E-state index >= 15 is 0 Å². The van der Waals surface area contributed by atoms with Gasteiger partial charge >= 0.3 is 0 Å². The minimum atomic E-state index is 0. The van der Waals surface area contributed by atoms with Crippen molar-refractivity contribution < 1.29 is 29.7 Å². The zero-order chi connectivity index (χ0) is 20.0. The van der Waals surface area contributed by atoms with Crippen molar-refractivity contribution in [2.45, 2.75) is 20.3 Å². The average Bonchev–Trinajstić information content (AvgIpc) is 3.48. The second-order valence-corrected chi connectivity index (χ2v) is 10.7. The quantitative estimate of drug-likeness (QED) is 0.324. The van der Waals surface area contributed by atoms with Crippen molar-refractivity contribution in [1.82, 2.24) is 8.75 Å². The Morgan fingerprint density at radius 3 is 2.23 bits per heavy atom. The van der Waals surface area contributed by atoms with Crippen LogP contribution in [0.5, 0.6) is 0 Å². The molecule has 0 aliphatic rings.